The lowest BCUT2D eigenvalue weighted by molar-refractivity contribution is 0.590. The van der Waals surface area contributed by atoms with Crippen molar-refractivity contribution in [1.29, 1.82) is 0 Å². The number of nitrogens with one attached hydrogen (secondary N) is 1. The van der Waals surface area contributed by atoms with Gasteiger partial charge in [0.1, 0.15) is 5.58 Å². The molecule has 0 aliphatic heterocycles. The van der Waals surface area contributed by atoms with Crippen molar-refractivity contribution in [2.45, 2.75) is 105 Å². The molecule has 8 aromatic rings. The Morgan fingerprint density at radius 2 is 0.929 bits per heavy atom. The van der Waals surface area contributed by atoms with Crippen molar-refractivity contribution in [1.82, 2.24) is 9.97 Å². The topological polar surface area (TPSA) is 41.8 Å². The van der Waals surface area contributed by atoms with Crippen LogP contribution in [0, 0.1) is 0 Å². The van der Waals surface area contributed by atoms with E-state index in [9.17, 15) is 0 Å². The Hall–Kier alpha value is -5.41. The van der Waals surface area contributed by atoms with Crippen molar-refractivity contribution < 1.29 is 4.42 Å². The molecule has 284 valence electrons. The average molecular weight is 737 g/mol. The first-order valence-electron chi connectivity index (χ1n) is 20.1. The number of pyridine rings is 1. The van der Waals surface area contributed by atoms with Gasteiger partial charge in [0.25, 0.3) is 0 Å². The highest BCUT2D eigenvalue weighted by molar-refractivity contribution is 6.13. The van der Waals surface area contributed by atoms with Gasteiger partial charge in [-0.3, -0.25) is 0 Å². The molecule has 0 aliphatic rings. The average Bonchev–Trinajstić information content (AvgIpc) is 3.77. The number of hydrogen-bond donors (Lipinski definition) is 1. The molecular formula is C53H56N2O. The largest absolute Gasteiger partial charge is 0.464 e. The van der Waals surface area contributed by atoms with Gasteiger partial charge in [0.2, 0.25) is 0 Å². The maximum Gasteiger partial charge on any atom is 0.138 e. The number of furan rings is 1. The minimum absolute atomic E-state index is 0.0414. The molecule has 0 radical (unpaired) electrons. The second-order valence-corrected chi connectivity index (χ2v) is 20.0. The summed E-state index contributed by atoms with van der Waals surface area (Å²) in [5.41, 5.74) is 17.0. The summed E-state index contributed by atoms with van der Waals surface area (Å²) in [4.78, 5) is 9.42. The zero-order valence-electron chi connectivity index (χ0n) is 35.3. The SMILES string of the molecule is CC(C)(C)c1ccc(-c2cc(-c3ccc(C(C)(C)C)cc3)cc(-c3nc(-c4cc(C(C)(C)C)cc5c4[nH]c4ccc(C(C)(C)C)cc45)cc4occc34)c2)cc1. The van der Waals surface area contributed by atoms with Gasteiger partial charge in [-0.25, -0.2) is 4.98 Å². The van der Waals surface area contributed by atoms with Gasteiger partial charge < -0.3 is 9.40 Å². The molecule has 56 heavy (non-hydrogen) atoms. The molecule has 1 N–H and O–H groups in total. The highest BCUT2D eigenvalue weighted by Gasteiger charge is 2.23. The van der Waals surface area contributed by atoms with E-state index >= 15 is 0 Å². The number of benzene rings is 5. The van der Waals surface area contributed by atoms with Gasteiger partial charge in [-0.05, 0) is 115 Å². The van der Waals surface area contributed by atoms with E-state index < -0.39 is 0 Å². The molecule has 0 amide bonds. The van der Waals surface area contributed by atoms with Crippen molar-refractivity contribution in [2.24, 2.45) is 0 Å². The van der Waals surface area contributed by atoms with Gasteiger partial charge in [-0.15, -0.1) is 0 Å². The summed E-state index contributed by atoms with van der Waals surface area (Å²) in [5.74, 6) is 0. The molecule has 0 unspecified atom stereocenters. The summed E-state index contributed by atoms with van der Waals surface area (Å²) in [7, 11) is 0. The lowest BCUT2D eigenvalue weighted by atomic mass is 9.83. The van der Waals surface area contributed by atoms with E-state index in [1.54, 1.807) is 6.26 Å². The highest BCUT2D eigenvalue weighted by atomic mass is 16.3. The van der Waals surface area contributed by atoms with E-state index in [4.69, 9.17) is 9.40 Å². The van der Waals surface area contributed by atoms with Crippen LogP contribution < -0.4 is 0 Å². The Bertz CT molecular complexity index is 2670. The first-order valence-corrected chi connectivity index (χ1v) is 20.1. The lowest BCUT2D eigenvalue weighted by Gasteiger charge is -2.21. The Labute approximate surface area is 333 Å². The van der Waals surface area contributed by atoms with Gasteiger partial charge in [0.05, 0.1) is 23.2 Å². The maximum atomic E-state index is 6.23. The molecule has 3 heterocycles. The number of fused-ring (bicyclic) bond motifs is 4. The van der Waals surface area contributed by atoms with Crippen LogP contribution in [0.5, 0.6) is 0 Å². The fraction of sp³-hybridized carbons (Fsp3) is 0.302. The Morgan fingerprint density at radius 1 is 0.429 bits per heavy atom. The molecule has 0 aliphatic carbocycles. The van der Waals surface area contributed by atoms with Crippen molar-refractivity contribution in [3.8, 4) is 44.8 Å². The first kappa shape index (κ1) is 37.5. The van der Waals surface area contributed by atoms with E-state index in [0.717, 1.165) is 55.6 Å². The van der Waals surface area contributed by atoms with E-state index in [0.29, 0.717) is 0 Å². The standard InChI is InChI=1S/C53H56N2O/c1-50(2,3)37-17-13-32(14-18-37)34-25-35(33-15-19-38(20-16-33)51(4,5)6)27-36(26-34)48-41-23-24-56-47(41)31-46(55-48)44-30-40(53(10,11)12)29-43-42-28-39(52(7,8)9)21-22-45(42)54-49(43)44/h13-31,54H,1-12H3. The summed E-state index contributed by atoms with van der Waals surface area (Å²) < 4.78 is 6.23. The predicted octanol–water partition coefficient (Wildman–Crippen LogP) is 15.3. The van der Waals surface area contributed by atoms with Crippen molar-refractivity contribution in [2.75, 3.05) is 0 Å². The second kappa shape index (κ2) is 13.1. The van der Waals surface area contributed by atoms with Crippen molar-refractivity contribution in [3.63, 3.8) is 0 Å². The van der Waals surface area contributed by atoms with Crippen LogP contribution in [0.2, 0.25) is 0 Å². The maximum absolute atomic E-state index is 6.23. The van der Waals surface area contributed by atoms with Gasteiger partial charge in [0, 0.05) is 38.9 Å². The third-order valence-electron chi connectivity index (χ3n) is 11.5. The smallest absolute Gasteiger partial charge is 0.138 e. The fourth-order valence-electron chi connectivity index (χ4n) is 7.85. The number of nitrogens with zero attached hydrogens (tertiary/aromatic N) is 1. The van der Waals surface area contributed by atoms with Gasteiger partial charge in [-0.1, -0.05) is 138 Å². The van der Waals surface area contributed by atoms with Gasteiger partial charge >= 0.3 is 0 Å². The molecule has 3 heteroatoms. The molecule has 8 rings (SSSR count). The Kier molecular flexibility index (Phi) is 8.77. The molecular weight excluding hydrogens is 681 g/mol. The highest BCUT2D eigenvalue weighted by Crippen LogP contribution is 2.42. The third kappa shape index (κ3) is 6.98. The van der Waals surface area contributed by atoms with Crippen LogP contribution in [0.15, 0.2) is 120 Å². The van der Waals surface area contributed by atoms with Gasteiger partial charge in [-0.2, -0.15) is 0 Å². The van der Waals surface area contributed by atoms with Crippen LogP contribution >= 0.6 is 0 Å². The zero-order valence-corrected chi connectivity index (χ0v) is 35.3. The molecule has 0 fully saturated rings. The van der Waals surface area contributed by atoms with Crippen molar-refractivity contribution in [3.05, 3.63) is 138 Å². The lowest BCUT2D eigenvalue weighted by Crippen LogP contribution is -2.11. The van der Waals surface area contributed by atoms with E-state index in [2.05, 4.69) is 197 Å². The number of aromatic amines is 1. The number of rotatable bonds is 4. The molecule has 5 aromatic carbocycles. The normalized spacial score (nSPS) is 13.0. The summed E-state index contributed by atoms with van der Waals surface area (Å²) in [6.07, 6.45) is 1.79. The molecule has 0 saturated heterocycles. The quantitative estimate of drug-likeness (QED) is 0.195. The van der Waals surface area contributed by atoms with Gasteiger partial charge in [0.15, 0.2) is 0 Å². The van der Waals surface area contributed by atoms with E-state index in [1.807, 2.05) is 0 Å². The van der Waals surface area contributed by atoms with Crippen LogP contribution in [-0.4, -0.2) is 9.97 Å². The van der Waals surface area contributed by atoms with Crippen LogP contribution in [0.25, 0.3) is 77.5 Å². The fourth-order valence-corrected chi connectivity index (χ4v) is 7.85. The van der Waals surface area contributed by atoms with E-state index in [-0.39, 0.29) is 21.7 Å². The number of aromatic nitrogens is 2. The second-order valence-electron chi connectivity index (χ2n) is 20.0. The summed E-state index contributed by atoms with van der Waals surface area (Å²) in [6.45, 7) is 27.3. The monoisotopic (exact) mass is 736 g/mol. The summed E-state index contributed by atoms with van der Waals surface area (Å²) in [5, 5.41) is 3.46. The number of H-pyrrole nitrogens is 1. The molecule has 0 bridgehead atoms. The third-order valence-corrected chi connectivity index (χ3v) is 11.5. The minimum Gasteiger partial charge on any atom is -0.464 e. The summed E-state index contributed by atoms with van der Waals surface area (Å²) >= 11 is 0. The Morgan fingerprint density at radius 3 is 1.46 bits per heavy atom. The molecule has 3 nitrogen and oxygen atoms in total. The van der Waals surface area contributed by atoms with Crippen LogP contribution in [-0.2, 0) is 21.7 Å². The molecule has 0 saturated carbocycles. The Balaban J connectivity index is 1.37. The summed E-state index contributed by atoms with van der Waals surface area (Å²) in [6, 6.07) is 40.8. The zero-order chi connectivity index (χ0) is 39.9. The van der Waals surface area contributed by atoms with Crippen LogP contribution in [0.4, 0.5) is 0 Å². The predicted molar refractivity (Wildman–Crippen MR) is 240 cm³/mol. The molecule has 0 atom stereocenters. The number of hydrogen-bond acceptors (Lipinski definition) is 2. The van der Waals surface area contributed by atoms with E-state index in [1.165, 1.54) is 44.2 Å². The van der Waals surface area contributed by atoms with Crippen LogP contribution in [0.3, 0.4) is 0 Å². The van der Waals surface area contributed by atoms with Crippen molar-refractivity contribution >= 4 is 32.8 Å². The first-order chi connectivity index (χ1) is 26.2. The minimum atomic E-state index is -0.0694. The molecule has 0 spiro atoms. The molecule has 3 aromatic heterocycles. The van der Waals surface area contributed by atoms with Crippen LogP contribution in [0.1, 0.15) is 105 Å².